The number of hydrogen-bond acceptors (Lipinski definition) is 5. The van der Waals surface area contributed by atoms with Crippen LogP contribution in [0.25, 0.3) is 0 Å². The average Bonchev–Trinajstić information content (AvgIpc) is 3.07. The van der Waals surface area contributed by atoms with E-state index in [4.69, 9.17) is 9.26 Å². The molecule has 1 unspecified atom stereocenters. The van der Waals surface area contributed by atoms with E-state index in [-0.39, 0.29) is 11.7 Å². The van der Waals surface area contributed by atoms with Crippen molar-refractivity contribution in [2.75, 3.05) is 13.1 Å². The third-order valence-electron chi connectivity index (χ3n) is 4.05. The van der Waals surface area contributed by atoms with E-state index in [0.29, 0.717) is 24.3 Å². The number of hydrogen-bond donors (Lipinski definition) is 0. The molecule has 1 amide bonds. The van der Waals surface area contributed by atoms with Crippen molar-refractivity contribution < 1.29 is 18.8 Å². The largest absolute Gasteiger partial charge is 0.441 e. The maximum atomic E-state index is 12.9. The van der Waals surface area contributed by atoms with E-state index in [9.17, 15) is 9.59 Å². The minimum atomic E-state index is -0.970. The lowest BCUT2D eigenvalue weighted by Crippen LogP contribution is -2.40. The van der Waals surface area contributed by atoms with Crippen LogP contribution in [-0.2, 0) is 9.53 Å². The van der Waals surface area contributed by atoms with Crippen molar-refractivity contribution >= 4 is 11.9 Å². The summed E-state index contributed by atoms with van der Waals surface area (Å²) in [5.41, 5.74) is 1.23. The maximum Gasteiger partial charge on any atom is 0.378 e. The van der Waals surface area contributed by atoms with Crippen LogP contribution in [0.3, 0.4) is 0 Å². The quantitative estimate of drug-likeness (QED) is 0.807. The second-order valence-electron chi connectivity index (χ2n) is 5.91. The van der Waals surface area contributed by atoms with Gasteiger partial charge in [-0.15, -0.1) is 0 Å². The minimum absolute atomic E-state index is 0.000115. The molecule has 6 nitrogen and oxygen atoms in total. The summed E-state index contributed by atoms with van der Waals surface area (Å²) in [6.07, 6.45) is 2.10. The van der Waals surface area contributed by atoms with Crippen molar-refractivity contribution in [2.24, 2.45) is 0 Å². The fourth-order valence-electron chi connectivity index (χ4n) is 2.79. The van der Waals surface area contributed by atoms with Crippen LogP contribution in [0.2, 0.25) is 0 Å². The van der Waals surface area contributed by atoms with E-state index in [1.54, 1.807) is 24.0 Å². The predicted octanol–water partition coefficient (Wildman–Crippen LogP) is 2.89. The van der Waals surface area contributed by atoms with Crippen molar-refractivity contribution in [3.05, 3.63) is 53.4 Å². The Morgan fingerprint density at radius 1 is 1.17 bits per heavy atom. The summed E-state index contributed by atoms with van der Waals surface area (Å²) < 4.78 is 10.4. The monoisotopic (exact) mass is 328 g/mol. The molecule has 6 heteroatoms. The number of amides is 1. The van der Waals surface area contributed by atoms with E-state index < -0.39 is 12.1 Å². The van der Waals surface area contributed by atoms with Gasteiger partial charge in [-0.25, -0.2) is 4.79 Å². The first-order valence-electron chi connectivity index (χ1n) is 8.13. The zero-order chi connectivity index (χ0) is 16.9. The first-order valence-corrected chi connectivity index (χ1v) is 8.13. The molecule has 0 saturated carbocycles. The molecule has 1 aliphatic rings. The minimum Gasteiger partial charge on any atom is -0.441 e. The number of benzene rings is 1. The summed E-state index contributed by atoms with van der Waals surface area (Å²) in [5, 5.41) is 3.68. The molecule has 1 saturated heterocycles. The first-order chi connectivity index (χ1) is 11.6. The number of aryl methyl sites for hydroxylation is 1. The highest BCUT2D eigenvalue weighted by molar-refractivity contribution is 5.90. The number of likely N-dealkylation sites (tertiary alicyclic amines) is 1. The lowest BCUT2D eigenvalue weighted by Gasteiger charge is -2.30. The molecule has 3 rings (SSSR count). The predicted molar refractivity (Wildman–Crippen MR) is 86.3 cm³/mol. The summed E-state index contributed by atoms with van der Waals surface area (Å²) in [6.45, 7) is 3.11. The zero-order valence-corrected chi connectivity index (χ0v) is 13.6. The number of esters is 1. The smallest absolute Gasteiger partial charge is 0.378 e. The first kappa shape index (κ1) is 16.2. The second kappa shape index (κ2) is 7.29. The third-order valence-corrected chi connectivity index (χ3v) is 4.05. The Morgan fingerprint density at radius 2 is 1.88 bits per heavy atom. The average molecular weight is 328 g/mol. The Hall–Kier alpha value is -2.63. The molecule has 1 atom stereocenters. The van der Waals surface area contributed by atoms with Crippen LogP contribution >= 0.6 is 0 Å². The number of ether oxygens (including phenoxy) is 1. The Kier molecular flexibility index (Phi) is 4.93. The van der Waals surface area contributed by atoms with Crippen molar-refractivity contribution in [2.45, 2.75) is 32.3 Å². The SMILES string of the molecule is Cc1cc(C(=O)OC(C(=O)N2CCCCC2)c2ccccc2)on1. The van der Waals surface area contributed by atoms with Crippen molar-refractivity contribution in [1.82, 2.24) is 10.1 Å². The number of nitrogens with zero attached hydrogens (tertiary/aromatic N) is 2. The Bertz CT molecular complexity index is 705. The topological polar surface area (TPSA) is 72.6 Å². The van der Waals surface area contributed by atoms with Gasteiger partial charge in [0.25, 0.3) is 5.91 Å². The van der Waals surface area contributed by atoms with Gasteiger partial charge in [-0.1, -0.05) is 35.5 Å². The van der Waals surface area contributed by atoms with Gasteiger partial charge in [0, 0.05) is 24.7 Å². The van der Waals surface area contributed by atoms with Crippen molar-refractivity contribution in [3.63, 3.8) is 0 Å². The molecule has 24 heavy (non-hydrogen) atoms. The van der Waals surface area contributed by atoms with Gasteiger partial charge in [0.1, 0.15) is 0 Å². The molecule has 0 bridgehead atoms. The molecule has 2 aromatic rings. The molecule has 0 spiro atoms. The van der Waals surface area contributed by atoms with Crippen LogP contribution in [0.1, 0.15) is 47.2 Å². The molecule has 126 valence electrons. The summed E-state index contributed by atoms with van der Waals surface area (Å²) in [6, 6.07) is 10.6. The second-order valence-corrected chi connectivity index (χ2v) is 5.91. The molecule has 1 aromatic heterocycles. The van der Waals surface area contributed by atoms with Gasteiger partial charge in [0.15, 0.2) is 0 Å². The lowest BCUT2D eigenvalue weighted by atomic mass is 10.1. The van der Waals surface area contributed by atoms with Gasteiger partial charge >= 0.3 is 5.97 Å². The van der Waals surface area contributed by atoms with Gasteiger partial charge in [-0.3, -0.25) is 4.79 Å². The number of rotatable bonds is 4. The molecule has 0 radical (unpaired) electrons. The van der Waals surface area contributed by atoms with Gasteiger partial charge in [0.2, 0.25) is 11.9 Å². The van der Waals surface area contributed by atoms with Gasteiger partial charge in [-0.05, 0) is 26.2 Å². The zero-order valence-electron chi connectivity index (χ0n) is 13.6. The summed E-state index contributed by atoms with van der Waals surface area (Å²) in [5.74, 6) is -0.875. The molecular formula is C18H20N2O4. The highest BCUT2D eigenvalue weighted by atomic mass is 16.6. The van der Waals surface area contributed by atoms with Crippen LogP contribution in [0.15, 0.2) is 40.9 Å². The van der Waals surface area contributed by atoms with E-state index >= 15 is 0 Å². The highest BCUT2D eigenvalue weighted by Crippen LogP contribution is 2.24. The van der Waals surface area contributed by atoms with Gasteiger partial charge in [-0.2, -0.15) is 0 Å². The molecule has 0 aliphatic carbocycles. The number of carbonyl (C=O) groups is 2. The fourth-order valence-corrected chi connectivity index (χ4v) is 2.79. The third kappa shape index (κ3) is 3.64. The highest BCUT2D eigenvalue weighted by Gasteiger charge is 2.31. The number of carbonyl (C=O) groups excluding carboxylic acids is 2. The molecular weight excluding hydrogens is 308 g/mol. The van der Waals surface area contributed by atoms with Crippen LogP contribution in [-0.4, -0.2) is 35.0 Å². The normalized spacial score (nSPS) is 15.8. The number of aromatic nitrogens is 1. The molecule has 2 heterocycles. The van der Waals surface area contributed by atoms with Gasteiger partial charge in [0.05, 0.1) is 5.69 Å². The lowest BCUT2D eigenvalue weighted by molar-refractivity contribution is -0.142. The van der Waals surface area contributed by atoms with Crippen LogP contribution in [0, 0.1) is 6.92 Å². The standard InChI is InChI=1S/C18H20N2O4/c1-13-12-15(24-19-13)18(22)23-16(14-8-4-2-5-9-14)17(21)20-10-6-3-7-11-20/h2,4-5,8-9,12,16H,3,6-7,10-11H2,1H3. The Balaban J connectivity index is 1.82. The van der Waals surface area contributed by atoms with E-state index in [1.165, 1.54) is 6.07 Å². The maximum absolute atomic E-state index is 12.9. The fraction of sp³-hybridized carbons (Fsp3) is 0.389. The van der Waals surface area contributed by atoms with Crippen LogP contribution in [0.4, 0.5) is 0 Å². The van der Waals surface area contributed by atoms with Crippen molar-refractivity contribution in [3.8, 4) is 0 Å². The van der Waals surface area contributed by atoms with Crippen LogP contribution in [0.5, 0.6) is 0 Å². The summed E-state index contributed by atoms with van der Waals surface area (Å²) in [7, 11) is 0. The summed E-state index contributed by atoms with van der Waals surface area (Å²) >= 11 is 0. The summed E-state index contributed by atoms with van der Waals surface area (Å²) in [4.78, 5) is 26.9. The number of piperidine rings is 1. The molecule has 1 aliphatic heterocycles. The van der Waals surface area contributed by atoms with E-state index in [2.05, 4.69) is 5.16 Å². The van der Waals surface area contributed by atoms with Crippen LogP contribution < -0.4 is 0 Å². The van der Waals surface area contributed by atoms with Crippen molar-refractivity contribution in [1.29, 1.82) is 0 Å². The molecule has 1 fully saturated rings. The van der Waals surface area contributed by atoms with E-state index in [1.807, 2.05) is 18.2 Å². The molecule has 0 N–H and O–H groups in total. The van der Waals surface area contributed by atoms with E-state index in [0.717, 1.165) is 19.3 Å². The van der Waals surface area contributed by atoms with Gasteiger partial charge < -0.3 is 14.2 Å². The molecule has 1 aromatic carbocycles. The Labute approximate surface area is 140 Å². The Morgan fingerprint density at radius 3 is 2.50 bits per heavy atom.